The van der Waals surface area contributed by atoms with Crippen LogP contribution in [0.3, 0.4) is 0 Å². The fraction of sp³-hybridized carbons (Fsp3) is 0.667. The maximum absolute atomic E-state index is 5.42. The molecule has 94 valence electrons. The number of aryl methyl sites for hydroxylation is 1. The van der Waals surface area contributed by atoms with Crippen molar-refractivity contribution < 1.29 is 4.74 Å². The Balaban J connectivity index is 1.95. The van der Waals surface area contributed by atoms with Crippen LogP contribution in [0, 0.1) is 12.3 Å². The van der Waals surface area contributed by atoms with Crippen molar-refractivity contribution in [2.45, 2.75) is 24.9 Å². The Morgan fingerprint density at radius 2 is 2.24 bits per heavy atom. The Hall–Kier alpha value is -0.260. The first-order valence-electron chi connectivity index (χ1n) is 5.85. The van der Waals surface area contributed by atoms with E-state index in [4.69, 9.17) is 4.74 Å². The lowest BCUT2D eigenvalue weighted by atomic mass is 9.84. The zero-order valence-electron chi connectivity index (χ0n) is 10.1. The van der Waals surface area contributed by atoms with E-state index < -0.39 is 0 Å². The molecule has 3 nitrogen and oxygen atoms in total. The van der Waals surface area contributed by atoms with Gasteiger partial charge in [0, 0.05) is 30.9 Å². The third kappa shape index (κ3) is 3.60. The summed E-state index contributed by atoms with van der Waals surface area (Å²) in [5.74, 6) is 1.94. The van der Waals surface area contributed by atoms with Gasteiger partial charge in [-0.1, -0.05) is 11.8 Å². The van der Waals surface area contributed by atoms with Crippen LogP contribution in [0.5, 0.6) is 0 Å². The van der Waals surface area contributed by atoms with Crippen LogP contribution in [-0.2, 0) is 4.74 Å². The molecular weight excluding hydrogens is 252 g/mol. The molecule has 2 rings (SSSR count). The summed E-state index contributed by atoms with van der Waals surface area (Å²) in [6.07, 6.45) is 4.01. The highest BCUT2D eigenvalue weighted by Crippen LogP contribution is 2.36. The van der Waals surface area contributed by atoms with Gasteiger partial charge in [0.1, 0.15) is 0 Å². The fourth-order valence-corrected chi connectivity index (χ4v) is 3.61. The molecule has 0 atom stereocenters. The molecule has 0 unspecified atom stereocenters. The van der Waals surface area contributed by atoms with Crippen LogP contribution in [0.1, 0.15) is 18.5 Å². The smallest absolute Gasteiger partial charge is 0.187 e. The van der Waals surface area contributed by atoms with Crippen molar-refractivity contribution in [3.63, 3.8) is 0 Å². The van der Waals surface area contributed by atoms with Crippen LogP contribution in [-0.4, -0.2) is 34.7 Å². The average molecular weight is 270 g/mol. The molecule has 1 aromatic heterocycles. The topological polar surface area (TPSA) is 35.0 Å². The van der Waals surface area contributed by atoms with Crippen LogP contribution in [0.25, 0.3) is 0 Å². The van der Waals surface area contributed by atoms with Crippen molar-refractivity contribution in [3.05, 3.63) is 18.0 Å². The molecule has 0 bridgehead atoms. The van der Waals surface area contributed by atoms with Crippen LogP contribution in [0.15, 0.2) is 17.4 Å². The minimum Gasteiger partial charge on any atom is -0.381 e. The molecule has 17 heavy (non-hydrogen) atoms. The van der Waals surface area contributed by atoms with Gasteiger partial charge in [-0.2, -0.15) is 12.6 Å². The molecule has 1 fully saturated rings. The zero-order chi connectivity index (χ0) is 12.1. The van der Waals surface area contributed by atoms with Crippen molar-refractivity contribution in [1.29, 1.82) is 0 Å². The standard InChI is InChI=1S/C12H18N2OS2/c1-10-2-5-13-11(14-10)17-9-12(8-16)3-6-15-7-4-12/h2,5,16H,3-4,6-9H2,1H3. The van der Waals surface area contributed by atoms with E-state index in [0.29, 0.717) is 5.41 Å². The lowest BCUT2D eigenvalue weighted by Gasteiger charge is -2.35. The van der Waals surface area contributed by atoms with E-state index in [2.05, 4.69) is 22.6 Å². The average Bonchev–Trinajstić information content (AvgIpc) is 2.38. The molecule has 1 aliphatic heterocycles. The molecule has 1 aromatic rings. The van der Waals surface area contributed by atoms with Crippen LogP contribution >= 0.6 is 24.4 Å². The first-order chi connectivity index (χ1) is 8.24. The van der Waals surface area contributed by atoms with Crippen LogP contribution in [0.2, 0.25) is 0 Å². The predicted molar refractivity (Wildman–Crippen MR) is 73.8 cm³/mol. The minimum atomic E-state index is 0.291. The normalized spacial score (nSPS) is 19.2. The first kappa shape index (κ1) is 13.2. The SMILES string of the molecule is Cc1ccnc(SCC2(CS)CCOCC2)n1. The summed E-state index contributed by atoms with van der Waals surface area (Å²) < 4.78 is 5.42. The molecule has 0 amide bonds. The number of rotatable bonds is 4. The van der Waals surface area contributed by atoms with Gasteiger partial charge in [0.15, 0.2) is 5.16 Å². The minimum absolute atomic E-state index is 0.291. The summed E-state index contributed by atoms with van der Waals surface area (Å²) in [6, 6.07) is 1.92. The van der Waals surface area contributed by atoms with E-state index in [0.717, 1.165) is 48.4 Å². The Bertz CT molecular complexity index is 367. The highest BCUT2D eigenvalue weighted by molar-refractivity contribution is 7.99. The predicted octanol–water partition coefficient (Wildman–Crippen LogP) is 2.60. The third-order valence-electron chi connectivity index (χ3n) is 3.17. The number of ether oxygens (including phenoxy) is 1. The number of hydrogen-bond donors (Lipinski definition) is 1. The highest BCUT2D eigenvalue weighted by atomic mass is 32.2. The maximum atomic E-state index is 5.42. The number of aromatic nitrogens is 2. The summed E-state index contributed by atoms with van der Waals surface area (Å²) in [4.78, 5) is 8.70. The monoisotopic (exact) mass is 270 g/mol. The van der Waals surface area contributed by atoms with Crippen molar-refractivity contribution in [3.8, 4) is 0 Å². The summed E-state index contributed by atoms with van der Waals surface area (Å²) in [5, 5.41) is 0.873. The van der Waals surface area contributed by atoms with Gasteiger partial charge >= 0.3 is 0 Å². The molecule has 2 heterocycles. The van der Waals surface area contributed by atoms with Gasteiger partial charge in [0.25, 0.3) is 0 Å². The Morgan fingerprint density at radius 1 is 1.47 bits per heavy atom. The summed E-state index contributed by atoms with van der Waals surface area (Å²) in [5.41, 5.74) is 1.31. The van der Waals surface area contributed by atoms with E-state index in [1.807, 2.05) is 19.2 Å². The summed E-state index contributed by atoms with van der Waals surface area (Å²) >= 11 is 6.24. The lowest BCUT2D eigenvalue weighted by molar-refractivity contribution is 0.0371. The zero-order valence-corrected chi connectivity index (χ0v) is 11.8. The second-order valence-corrected chi connectivity index (χ2v) is 5.80. The summed E-state index contributed by atoms with van der Waals surface area (Å²) in [6.45, 7) is 3.71. The van der Waals surface area contributed by atoms with Crippen molar-refractivity contribution in [2.75, 3.05) is 24.7 Å². The fourth-order valence-electron chi connectivity index (χ4n) is 1.87. The van der Waals surface area contributed by atoms with Crippen LogP contribution < -0.4 is 0 Å². The summed E-state index contributed by atoms with van der Waals surface area (Å²) in [7, 11) is 0. The molecular formula is C12H18N2OS2. The van der Waals surface area contributed by atoms with E-state index in [1.54, 1.807) is 11.8 Å². The van der Waals surface area contributed by atoms with Gasteiger partial charge in [-0.05, 0) is 37.0 Å². The third-order valence-corrected chi connectivity index (χ3v) is 5.05. The molecule has 5 heteroatoms. The van der Waals surface area contributed by atoms with Gasteiger partial charge in [-0.15, -0.1) is 0 Å². The van der Waals surface area contributed by atoms with Crippen molar-refractivity contribution in [1.82, 2.24) is 9.97 Å². The number of hydrogen-bond acceptors (Lipinski definition) is 5. The van der Waals surface area contributed by atoms with Crippen molar-refractivity contribution >= 4 is 24.4 Å². The van der Waals surface area contributed by atoms with E-state index in [-0.39, 0.29) is 0 Å². The number of nitrogens with zero attached hydrogens (tertiary/aromatic N) is 2. The molecule has 0 N–H and O–H groups in total. The Morgan fingerprint density at radius 3 is 2.88 bits per heavy atom. The van der Waals surface area contributed by atoms with Crippen LogP contribution in [0.4, 0.5) is 0 Å². The van der Waals surface area contributed by atoms with E-state index >= 15 is 0 Å². The second kappa shape index (κ2) is 6.07. The van der Waals surface area contributed by atoms with Gasteiger partial charge in [0.05, 0.1) is 0 Å². The molecule has 0 saturated carbocycles. The van der Waals surface area contributed by atoms with Gasteiger partial charge in [0.2, 0.25) is 0 Å². The van der Waals surface area contributed by atoms with Gasteiger partial charge in [-0.3, -0.25) is 0 Å². The largest absolute Gasteiger partial charge is 0.381 e. The molecule has 1 aliphatic rings. The van der Waals surface area contributed by atoms with Crippen molar-refractivity contribution in [2.24, 2.45) is 5.41 Å². The molecule has 0 radical (unpaired) electrons. The second-order valence-electron chi connectivity index (χ2n) is 4.54. The molecule has 0 aliphatic carbocycles. The quantitative estimate of drug-likeness (QED) is 0.518. The molecule has 0 spiro atoms. The molecule has 0 aromatic carbocycles. The van der Waals surface area contributed by atoms with E-state index in [1.165, 1.54) is 0 Å². The number of thiol groups is 1. The Labute approximate surface area is 112 Å². The first-order valence-corrected chi connectivity index (χ1v) is 7.47. The van der Waals surface area contributed by atoms with Gasteiger partial charge < -0.3 is 4.74 Å². The van der Waals surface area contributed by atoms with Gasteiger partial charge in [-0.25, -0.2) is 9.97 Å². The number of thioether (sulfide) groups is 1. The maximum Gasteiger partial charge on any atom is 0.187 e. The highest BCUT2D eigenvalue weighted by Gasteiger charge is 2.31. The lowest BCUT2D eigenvalue weighted by Crippen LogP contribution is -2.33. The van der Waals surface area contributed by atoms with E-state index in [9.17, 15) is 0 Å². The molecule has 1 saturated heterocycles. The Kier molecular flexibility index (Phi) is 4.70.